The molecular weight excluding hydrogens is 538 g/mol. The van der Waals surface area contributed by atoms with Crippen molar-refractivity contribution in [3.05, 3.63) is 90.0 Å². The molecule has 0 radical (unpaired) electrons. The van der Waals surface area contributed by atoms with E-state index in [1.54, 1.807) is 36.4 Å². The molecule has 3 aromatic carbocycles. The van der Waals surface area contributed by atoms with Gasteiger partial charge in [0.25, 0.3) is 10.0 Å². The van der Waals surface area contributed by atoms with Crippen LogP contribution in [0.4, 0.5) is 5.69 Å². The average molecular weight is 580 g/mol. The second-order valence-electron chi connectivity index (χ2n) is 9.92. The molecule has 8 nitrogen and oxygen atoms in total. The van der Waals surface area contributed by atoms with E-state index in [2.05, 4.69) is 5.32 Å². The summed E-state index contributed by atoms with van der Waals surface area (Å²) in [6.45, 7) is 6.08. The van der Waals surface area contributed by atoms with Crippen LogP contribution in [0.3, 0.4) is 0 Å². The fourth-order valence-corrected chi connectivity index (χ4v) is 5.94. The Balaban J connectivity index is 2.00. The molecular formula is C32H41N3O5S. The number of carbonyl (C=O) groups is 2. The van der Waals surface area contributed by atoms with Crippen LogP contribution in [0.15, 0.2) is 83.8 Å². The summed E-state index contributed by atoms with van der Waals surface area (Å²) < 4.78 is 34.4. The number of aryl methyl sites for hydroxylation is 1. The number of sulfonamides is 1. The maximum Gasteiger partial charge on any atom is 0.264 e. The van der Waals surface area contributed by atoms with Crippen LogP contribution >= 0.6 is 0 Å². The van der Waals surface area contributed by atoms with Crippen molar-refractivity contribution in [2.24, 2.45) is 0 Å². The van der Waals surface area contributed by atoms with Crippen LogP contribution in [-0.2, 0) is 26.0 Å². The smallest absolute Gasteiger partial charge is 0.264 e. The first-order valence-corrected chi connectivity index (χ1v) is 15.5. The van der Waals surface area contributed by atoms with Gasteiger partial charge in [-0.3, -0.25) is 13.9 Å². The summed E-state index contributed by atoms with van der Waals surface area (Å²) in [6, 6.07) is 22.1. The van der Waals surface area contributed by atoms with Gasteiger partial charge in [-0.1, -0.05) is 74.4 Å². The van der Waals surface area contributed by atoms with Gasteiger partial charge in [-0.2, -0.15) is 0 Å². The maximum absolute atomic E-state index is 14.1. The Morgan fingerprint density at radius 1 is 0.951 bits per heavy atom. The van der Waals surface area contributed by atoms with Gasteiger partial charge >= 0.3 is 0 Å². The number of ether oxygens (including phenoxy) is 1. The lowest BCUT2D eigenvalue weighted by atomic mass is 10.1. The highest BCUT2D eigenvalue weighted by Gasteiger charge is 2.33. The van der Waals surface area contributed by atoms with Crippen LogP contribution < -0.4 is 14.4 Å². The minimum absolute atomic E-state index is 0.0684. The Hall–Kier alpha value is -3.85. The fraction of sp³-hybridized carbons (Fsp3) is 0.375. The van der Waals surface area contributed by atoms with E-state index < -0.39 is 28.5 Å². The molecule has 0 heterocycles. The number of anilines is 1. The van der Waals surface area contributed by atoms with Gasteiger partial charge in [0, 0.05) is 19.2 Å². The normalized spacial score (nSPS) is 11.9. The number of nitrogens with one attached hydrogen (secondary N) is 1. The molecule has 3 rings (SSSR count). The molecule has 1 N–H and O–H groups in total. The molecule has 0 bridgehead atoms. The van der Waals surface area contributed by atoms with Crippen LogP contribution in [0.2, 0.25) is 0 Å². The van der Waals surface area contributed by atoms with Crippen molar-refractivity contribution in [1.29, 1.82) is 0 Å². The summed E-state index contributed by atoms with van der Waals surface area (Å²) in [5.41, 5.74) is 2.23. The zero-order valence-electron chi connectivity index (χ0n) is 24.4. The third-order valence-corrected chi connectivity index (χ3v) is 8.72. The monoisotopic (exact) mass is 579 g/mol. The molecule has 0 spiro atoms. The second kappa shape index (κ2) is 15.2. The van der Waals surface area contributed by atoms with Gasteiger partial charge in [-0.05, 0) is 56.0 Å². The third-order valence-electron chi connectivity index (χ3n) is 6.93. The molecule has 0 aliphatic carbocycles. The molecule has 41 heavy (non-hydrogen) atoms. The highest BCUT2D eigenvalue weighted by atomic mass is 32.2. The molecule has 0 aliphatic heterocycles. The number of hydrogen-bond acceptors (Lipinski definition) is 5. The van der Waals surface area contributed by atoms with Crippen molar-refractivity contribution in [2.45, 2.75) is 57.4 Å². The molecule has 220 valence electrons. The van der Waals surface area contributed by atoms with Crippen molar-refractivity contribution in [3.63, 3.8) is 0 Å². The van der Waals surface area contributed by atoms with E-state index in [0.29, 0.717) is 30.8 Å². The lowest BCUT2D eigenvalue weighted by Crippen LogP contribution is -2.53. The molecule has 0 unspecified atom stereocenters. The van der Waals surface area contributed by atoms with E-state index >= 15 is 0 Å². The van der Waals surface area contributed by atoms with Crippen molar-refractivity contribution in [2.75, 3.05) is 31.0 Å². The molecule has 0 aliphatic rings. The predicted molar refractivity (Wildman–Crippen MR) is 163 cm³/mol. The van der Waals surface area contributed by atoms with Crippen LogP contribution in [0.25, 0.3) is 0 Å². The zero-order valence-corrected chi connectivity index (χ0v) is 25.2. The van der Waals surface area contributed by atoms with Gasteiger partial charge in [0.2, 0.25) is 11.8 Å². The highest BCUT2D eigenvalue weighted by molar-refractivity contribution is 7.92. The van der Waals surface area contributed by atoms with Crippen molar-refractivity contribution >= 4 is 27.5 Å². The quantitative estimate of drug-likeness (QED) is 0.257. The van der Waals surface area contributed by atoms with E-state index in [0.717, 1.165) is 28.3 Å². The number of unbranched alkanes of at least 4 members (excludes halogenated alkanes) is 1. The minimum Gasteiger partial charge on any atom is -0.497 e. The van der Waals surface area contributed by atoms with Gasteiger partial charge < -0.3 is 15.0 Å². The first-order valence-electron chi connectivity index (χ1n) is 14.1. The Morgan fingerprint density at radius 3 is 2.29 bits per heavy atom. The van der Waals surface area contributed by atoms with Crippen molar-refractivity contribution in [1.82, 2.24) is 10.2 Å². The molecule has 9 heteroatoms. The first kappa shape index (κ1) is 31.7. The van der Waals surface area contributed by atoms with Gasteiger partial charge in [0.05, 0.1) is 17.7 Å². The third kappa shape index (κ3) is 8.57. The van der Waals surface area contributed by atoms with Crippen LogP contribution in [0.5, 0.6) is 5.75 Å². The SMILES string of the molecule is CCCCNC(=O)[C@@H](CC)N(CCc1ccccc1)C(=O)CN(c1cccc(OC)c1)S(=O)(=O)c1ccc(C)cc1. The largest absolute Gasteiger partial charge is 0.497 e. The van der Waals surface area contributed by atoms with E-state index in [1.165, 1.54) is 24.1 Å². The Labute approximate surface area is 244 Å². The Bertz CT molecular complexity index is 1380. The predicted octanol–water partition coefficient (Wildman–Crippen LogP) is 4.97. The summed E-state index contributed by atoms with van der Waals surface area (Å²) in [6.07, 6.45) is 2.68. The van der Waals surface area contributed by atoms with E-state index in [4.69, 9.17) is 4.74 Å². The van der Waals surface area contributed by atoms with Crippen LogP contribution in [0.1, 0.15) is 44.2 Å². The molecule has 0 aromatic heterocycles. The number of benzene rings is 3. The van der Waals surface area contributed by atoms with Gasteiger partial charge in [0.15, 0.2) is 0 Å². The fourth-order valence-electron chi connectivity index (χ4n) is 4.53. The van der Waals surface area contributed by atoms with Gasteiger partial charge in [-0.25, -0.2) is 8.42 Å². The molecule has 0 fully saturated rings. The Kier molecular flexibility index (Phi) is 11.8. The number of amides is 2. The topological polar surface area (TPSA) is 96.0 Å². The minimum atomic E-state index is -4.13. The van der Waals surface area contributed by atoms with Crippen molar-refractivity contribution in [3.8, 4) is 5.75 Å². The van der Waals surface area contributed by atoms with Gasteiger partial charge in [0.1, 0.15) is 18.3 Å². The van der Waals surface area contributed by atoms with E-state index in [1.807, 2.05) is 51.1 Å². The molecule has 0 saturated carbocycles. The second-order valence-corrected chi connectivity index (χ2v) is 11.8. The highest BCUT2D eigenvalue weighted by Crippen LogP contribution is 2.27. The zero-order chi connectivity index (χ0) is 29.8. The maximum atomic E-state index is 14.1. The summed E-state index contributed by atoms with van der Waals surface area (Å²) in [5, 5.41) is 2.95. The molecule has 2 amide bonds. The standard InChI is InChI=1S/C32H41N3O5S/c1-5-7-21-33-32(37)30(6-2)34(22-20-26-12-9-8-10-13-26)31(36)24-35(27-14-11-15-28(23-27)40-4)41(38,39)29-18-16-25(3)17-19-29/h8-19,23,30H,5-7,20-22,24H2,1-4H3,(H,33,37)/t30-/m1/s1. The van der Waals surface area contributed by atoms with Crippen molar-refractivity contribution < 1.29 is 22.7 Å². The average Bonchev–Trinajstić information content (AvgIpc) is 2.98. The number of nitrogens with zero attached hydrogens (tertiary/aromatic N) is 2. The number of methoxy groups -OCH3 is 1. The number of hydrogen-bond donors (Lipinski definition) is 1. The molecule has 3 aromatic rings. The number of carbonyl (C=O) groups excluding carboxylic acids is 2. The van der Waals surface area contributed by atoms with E-state index in [-0.39, 0.29) is 17.3 Å². The lowest BCUT2D eigenvalue weighted by molar-refractivity contribution is -0.139. The summed E-state index contributed by atoms with van der Waals surface area (Å²) >= 11 is 0. The van der Waals surface area contributed by atoms with Gasteiger partial charge in [-0.15, -0.1) is 0 Å². The molecule has 0 saturated heterocycles. The van der Waals surface area contributed by atoms with E-state index in [9.17, 15) is 18.0 Å². The summed E-state index contributed by atoms with van der Waals surface area (Å²) in [5.74, 6) is -0.240. The summed E-state index contributed by atoms with van der Waals surface area (Å²) in [4.78, 5) is 28.9. The van der Waals surface area contributed by atoms with Crippen LogP contribution in [-0.4, -0.2) is 57.9 Å². The summed E-state index contributed by atoms with van der Waals surface area (Å²) in [7, 11) is -2.63. The number of rotatable bonds is 15. The molecule has 1 atom stereocenters. The first-order chi connectivity index (χ1) is 19.7. The van der Waals surface area contributed by atoms with Crippen LogP contribution in [0, 0.1) is 6.92 Å². The Morgan fingerprint density at radius 2 is 1.66 bits per heavy atom. The lowest BCUT2D eigenvalue weighted by Gasteiger charge is -2.33.